The fourth-order valence-corrected chi connectivity index (χ4v) is 5.67. The summed E-state index contributed by atoms with van der Waals surface area (Å²) in [5.74, 6) is -0.749. The lowest BCUT2D eigenvalue weighted by Crippen LogP contribution is -2.45. The topological polar surface area (TPSA) is 117 Å². The van der Waals surface area contributed by atoms with Crippen LogP contribution >= 0.6 is 15.9 Å². The summed E-state index contributed by atoms with van der Waals surface area (Å²) in [6.45, 7) is 1.85. The number of benzene rings is 4. The molecule has 0 saturated heterocycles. The molecule has 0 unspecified atom stereocenters. The fourth-order valence-electron chi connectivity index (χ4n) is 5.30. The molecule has 1 aromatic heterocycles. The Labute approximate surface area is 262 Å². The van der Waals surface area contributed by atoms with Crippen molar-refractivity contribution in [3.8, 4) is 0 Å². The summed E-state index contributed by atoms with van der Waals surface area (Å²) in [7, 11) is 0. The second-order valence-electron chi connectivity index (χ2n) is 10.5. The van der Waals surface area contributed by atoms with Crippen molar-refractivity contribution in [1.29, 1.82) is 0 Å². The number of nitrogens with one attached hydrogen (secondary N) is 4. The Kier molecular flexibility index (Phi) is 8.25. The van der Waals surface area contributed by atoms with E-state index in [1.165, 1.54) is 0 Å². The van der Waals surface area contributed by atoms with E-state index in [1.807, 2.05) is 97.9 Å². The highest BCUT2D eigenvalue weighted by Gasteiger charge is 2.34. The molecule has 4 aromatic carbocycles. The van der Waals surface area contributed by atoms with Gasteiger partial charge in [-0.1, -0.05) is 94.3 Å². The van der Waals surface area contributed by atoms with E-state index >= 15 is 0 Å². The molecular weight excluding hydrogens is 620 g/mol. The molecule has 1 aliphatic rings. The molecule has 220 valence electrons. The van der Waals surface area contributed by atoms with Gasteiger partial charge in [0.2, 0.25) is 0 Å². The van der Waals surface area contributed by atoms with Crippen LogP contribution in [0.15, 0.2) is 119 Å². The number of aryl methyl sites for hydroxylation is 1. The van der Waals surface area contributed by atoms with Crippen molar-refractivity contribution in [1.82, 2.24) is 20.7 Å². The Balaban J connectivity index is 1.28. The first-order valence-electron chi connectivity index (χ1n) is 14.1. The smallest absolute Gasteiger partial charge is 0.337 e. The summed E-state index contributed by atoms with van der Waals surface area (Å²) in [5, 5.41) is 6.62. The van der Waals surface area contributed by atoms with E-state index in [2.05, 4.69) is 37.4 Å². The zero-order chi connectivity index (χ0) is 30.6. The summed E-state index contributed by atoms with van der Waals surface area (Å²) in [6.07, 6.45) is 1.76. The molecule has 2 atom stereocenters. The number of anilines is 1. The highest BCUT2D eigenvalue weighted by atomic mass is 79.9. The standard InChI is InChI=1S/C34H29BrN6O3/c1-21-12-15-25(16-13-21)36-34(44)40-39-29(42)20-41-19-27(26-18-24(35)14-17-28(26)41)32-33(43)38-31(23-10-6-3-7-11-23)30(37-32)22-8-4-2-5-9-22/h2-19,30-31H,20H2,1H3,(H,38,43)(H,39,42)(H2,36,40,44)/t30-,31-/m0/s1. The predicted octanol–water partition coefficient (Wildman–Crippen LogP) is 5.97. The van der Waals surface area contributed by atoms with Crippen LogP contribution in [-0.2, 0) is 16.1 Å². The van der Waals surface area contributed by atoms with Crippen LogP contribution in [0, 0.1) is 6.92 Å². The van der Waals surface area contributed by atoms with Gasteiger partial charge in [-0.05, 0) is 48.4 Å². The van der Waals surface area contributed by atoms with Gasteiger partial charge in [0.05, 0.1) is 6.04 Å². The number of carbonyl (C=O) groups excluding carboxylic acids is 3. The average molecular weight is 650 g/mol. The molecule has 1 aliphatic heterocycles. The molecule has 0 fully saturated rings. The molecule has 4 amide bonds. The Hall–Kier alpha value is -5.22. The lowest BCUT2D eigenvalue weighted by molar-refractivity contribution is -0.122. The van der Waals surface area contributed by atoms with Gasteiger partial charge < -0.3 is 15.2 Å². The van der Waals surface area contributed by atoms with Crippen molar-refractivity contribution >= 4 is 56.1 Å². The number of aliphatic imine (C=N–C) groups is 1. The first-order chi connectivity index (χ1) is 21.4. The minimum atomic E-state index is -0.572. The Bertz CT molecular complexity index is 1870. The van der Waals surface area contributed by atoms with Crippen molar-refractivity contribution < 1.29 is 14.4 Å². The number of hydrazine groups is 1. The van der Waals surface area contributed by atoms with Gasteiger partial charge in [-0.15, -0.1) is 0 Å². The Morgan fingerprint density at radius 1 is 0.886 bits per heavy atom. The van der Waals surface area contributed by atoms with Gasteiger partial charge >= 0.3 is 6.03 Å². The van der Waals surface area contributed by atoms with Crippen LogP contribution in [0.1, 0.15) is 34.3 Å². The first-order valence-corrected chi connectivity index (χ1v) is 14.8. The molecule has 0 spiro atoms. The Morgan fingerprint density at radius 2 is 1.57 bits per heavy atom. The maximum atomic E-state index is 13.7. The molecule has 9 nitrogen and oxygen atoms in total. The number of aromatic nitrogens is 1. The number of carbonyl (C=O) groups is 3. The number of nitrogens with zero attached hydrogens (tertiary/aromatic N) is 2. The quantitative estimate of drug-likeness (QED) is 0.170. The fraction of sp³-hybridized carbons (Fsp3) is 0.118. The van der Waals surface area contributed by atoms with E-state index in [0.717, 1.165) is 32.1 Å². The molecule has 0 saturated carbocycles. The molecule has 0 radical (unpaired) electrons. The van der Waals surface area contributed by atoms with Crippen LogP contribution in [-0.4, -0.2) is 28.1 Å². The van der Waals surface area contributed by atoms with Crippen molar-refractivity contribution in [3.05, 3.63) is 136 Å². The molecule has 44 heavy (non-hydrogen) atoms. The SMILES string of the molecule is Cc1ccc(NC(=O)NNC(=O)Cn2cc(C3=N[C@@H](c4ccccc4)[C@H](c4ccccc4)NC3=O)c3cc(Br)ccc32)cc1. The number of halogens is 1. The van der Waals surface area contributed by atoms with Crippen molar-refractivity contribution in [2.24, 2.45) is 4.99 Å². The zero-order valence-corrected chi connectivity index (χ0v) is 25.3. The van der Waals surface area contributed by atoms with Crippen LogP contribution in [0.4, 0.5) is 10.5 Å². The van der Waals surface area contributed by atoms with Crippen LogP contribution in [0.5, 0.6) is 0 Å². The lowest BCUT2D eigenvalue weighted by atomic mass is 9.91. The monoisotopic (exact) mass is 648 g/mol. The number of hydrogen-bond donors (Lipinski definition) is 4. The molecule has 10 heteroatoms. The maximum Gasteiger partial charge on any atom is 0.337 e. The van der Waals surface area contributed by atoms with E-state index in [1.54, 1.807) is 22.9 Å². The first kappa shape index (κ1) is 28.9. The van der Waals surface area contributed by atoms with Crippen LogP contribution in [0.25, 0.3) is 10.9 Å². The minimum absolute atomic E-state index is 0.105. The van der Waals surface area contributed by atoms with Gasteiger partial charge in [-0.3, -0.25) is 20.0 Å². The predicted molar refractivity (Wildman–Crippen MR) is 174 cm³/mol. The Morgan fingerprint density at radius 3 is 2.27 bits per heavy atom. The van der Waals surface area contributed by atoms with Crippen LogP contribution in [0.2, 0.25) is 0 Å². The second kappa shape index (κ2) is 12.6. The summed E-state index contributed by atoms with van der Waals surface area (Å²) >= 11 is 3.54. The van der Waals surface area contributed by atoms with Gasteiger partial charge in [0.25, 0.3) is 11.8 Å². The average Bonchev–Trinajstić information content (AvgIpc) is 3.38. The van der Waals surface area contributed by atoms with Gasteiger partial charge in [0, 0.05) is 32.8 Å². The van der Waals surface area contributed by atoms with E-state index < -0.39 is 11.9 Å². The number of rotatable bonds is 6. The van der Waals surface area contributed by atoms with E-state index in [-0.39, 0.29) is 30.2 Å². The van der Waals surface area contributed by atoms with Gasteiger partial charge in [-0.2, -0.15) is 0 Å². The third-order valence-electron chi connectivity index (χ3n) is 7.42. The molecule has 5 aromatic rings. The van der Waals surface area contributed by atoms with Gasteiger partial charge in [-0.25, -0.2) is 10.2 Å². The minimum Gasteiger partial charge on any atom is -0.341 e. The van der Waals surface area contributed by atoms with Crippen LogP contribution in [0.3, 0.4) is 0 Å². The number of urea groups is 1. The van der Waals surface area contributed by atoms with Crippen molar-refractivity contribution in [2.75, 3.05) is 5.32 Å². The summed E-state index contributed by atoms with van der Waals surface area (Å²) in [6, 6.07) is 31.3. The highest BCUT2D eigenvalue weighted by Crippen LogP contribution is 2.37. The summed E-state index contributed by atoms with van der Waals surface area (Å²) < 4.78 is 2.56. The van der Waals surface area contributed by atoms with E-state index in [9.17, 15) is 14.4 Å². The molecule has 0 aliphatic carbocycles. The van der Waals surface area contributed by atoms with Gasteiger partial charge in [0.15, 0.2) is 0 Å². The second-order valence-corrected chi connectivity index (χ2v) is 11.4. The van der Waals surface area contributed by atoms with Crippen molar-refractivity contribution in [3.63, 3.8) is 0 Å². The van der Waals surface area contributed by atoms with E-state index in [4.69, 9.17) is 4.99 Å². The molecule has 0 bridgehead atoms. The third-order valence-corrected chi connectivity index (χ3v) is 7.92. The zero-order valence-electron chi connectivity index (χ0n) is 23.8. The normalized spacial score (nSPS) is 16.1. The maximum absolute atomic E-state index is 13.7. The molecular formula is C34H29BrN6O3. The third kappa shape index (κ3) is 6.25. The molecule has 6 rings (SSSR count). The van der Waals surface area contributed by atoms with Crippen molar-refractivity contribution in [2.45, 2.75) is 25.6 Å². The summed E-state index contributed by atoms with van der Waals surface area (Å²) in [4.78, 5) is 43.9. The number of fused-ring (bicyclic) bond motifs is 1. The summed E-state index contributed by atoms with van der Waals surface area (Å²) in [5.41, 5.74) is 10.0. The largest absolute Gasteiger partial charge is 0.341 e. The number of amides is 4. The van der Waals surface area contributed by atoms with Gasteiger partial charge in [0.1, 0.15) is 18.3 Å². The molecule has 2 heterocycles. The lowest BCUT2D eigenvalue weighted by Gasteiger charge is -2.31. The number of hydrogen-bond acceptors (Lipinski definition) is 4. The van der Waals surface area contributed by atoms with Crippen LogP contribution < -0.4 is 21.5 Å². The molecule has 4 N–H and O–H groups in total. The highest BCUT2D eigenvalue weighted by molar-refractivity contribution is 9.10. The van der Waals surface area contributed by atoms with E-state index in [0.29, 0.717) is 11.3 Å².